The zero-order chi connectivity index (χ0) is 28.1. The SMILES string of the molecule is COCCN(CC(=O)N1CCn2cccc2[C@H]1c1ccc(C)cc1)C(=O)Nc1c(C(C)C)cccc1C(C)C. The molecule has 1 aromatic heterocycles. The van der Waals surface area contributed by atoms with Gasteiger partial charge in [-0.15, -0.1) is 0 Å². The Balaban J connectivity index is 1.61. The number of aryl methyl sites for hydroxylation is 1. The molecule has 0 spiro atoms. The van der Waals surface area contributed by atoms with Gasteiger partial charge in [-0.2, -0.15) is 0 Å². The second kappa shape index (κ2) is 12.5. The van der Waals surface area contributed by atoms with Gasteiger partial charge in [0.2, 0.25) is 5.91 Å². The number of aromatic nitrogens is 1. The molecule has 0 bridgehead atoms. The number of ether oxygens (including phenoxy) is 1. The molecule has 3 amide bonds. The second-order valence-corrected chi connectivity index (χ2v) is 11.0. The molecule has 208 valence electrons. The molecule has 1 aliphatic heterocycles. The van der Waals surface area contributed by atoms with Gasteiger partial charge in [0.05, 0.1) is 12.6 Å². The van der Waals surface area contributed by atoms with Gasteiger partial charge in [0.15, 0.2) is 0 Å². The zero-order valence-corrected chi connectivity index (χ0v) is 24.1. The molecule has 0 aliphatic carbocycles. The van der Waals surface area contributed by atoms with Crippen molar-refractivity contribution < 1.29 is 14.3 Å². The van der Waals surface area contributed by atoms with Gasteiger partial charge < -0.3 is 24.4 Å². The quantitative estimate of drug-likeness (QED) is 0.361. The van der Waals surface area contributed by atoms with Crippen molar-refractivity contribution >= 4 is 17.6 Å². The van der Waals surface area contributed by atoms with Crippen LogP contribution in [-0.4, -0.2) is 59.7 Å². The van der Waals surface area contributed by atoms with E-state index in [1.54, 1.807) is 12.0 Å². The maximum absolute atomic E-state index is 13.9. The van der Waals surface area contributed by atoms with Crippen molar-refractivity contribution in [3.05, 3.63) is 88.7 Å². The highest BCUT2D eigenvalue weighted by Crippen LogP contribution is 2.34. The number of hydrogen-bond donors (Lipinski definition) is 1. The number of fused-ring (bicyclic) bond motifs is 1. The maximum atomic E-state index is 13.9. The summed E-state index contributed by atoms with van der Waals surface area (Å²) in [6.45, 7) is 12.5. The van der Waals surface area contributed by atoms with E-state index >= 15 is 0 Å². The van der Waals surface area contributed by atoms with Crippen LogP contribution in [0.15, 0.2) is 60.8 Å². The van der Waals surface area contributed by atoms with Gasteiger partial charge in [-0.1, -0.05) is 75.7 Å². The second-order valence-electron chi connectivity index (χ2n) is 11.0. The highest BCUT2D eigenvalue weighted by Gasteiger charge is 2.33. The Kier molecular flexibility index (Phi) is 9.12. The minimum atomic E-state index is -0.289. The third-order valence-electron chi connectivity index (χ3n) is 7.54. The monoisotopic (exact) mass is 530 g/mol. The lowest BCUT2D eigenvalue weighted by atomic mass is 9.93. The van der Waals surface area contributed by atoms with Crippen molar-refractivity contribution in [2.75, 3.05) is 38.7 Å². The van der Waals surface area contributed by atoms with Gasteiger partial charge in [0.25, 0.3) is 0 Å². The Hall–Kier alpha value is -3.58. The normalized spacial score (nSPS) is 15.0. The fourth-order valence-corrected chi connectivity index (χ4v) is 5.34. The Bertz CT molecular complexity index is 1250. The smallest absolute Gasteiger partial charge is 0.322 e. The molecule has 0 saturated heterocycles. The van der Waals surface area contributed by atoms with Crippen molar-refractivity contribution in [2.45, 2.75) is 59.0 Å². The van der Waals surface area contributed by atoms with Gasteiger partial charge in [-0.3, -0.25) is 4.79 Å². The van der Waals surface area contributed by atoms with E-state index in [2.05, 4.69) is 93.2 Å². The van der Waals surface area contributed by atoms with E-state index in [1.807, 2.05) is 17.0 Å². The first-order valence-electron chi connectivity index (χ1n) is 13.9. The molecule has 7 nitrogen and oxygen atoms in total. The average Bonchev–Trinajstić information content (AvgIpc) is 3.39. The van der Waals surface area contributed by atoms with E-state index in [4.69, 9.17) is 4.74 Å². The predicted octanol–water partition coefficient (Wildman–Crippen LogP) is 6.16. The number of methoxy groups -OCH3 is 1. The zero-order valence-electron chi connectivity index (χ0n) is 24.1. The molecule has 1 atom stereocenters. The molecule has 1 aliphatic rings. The van der Waals surface area contributed by atoms with Crippen LogP contribution >= 0.6 is 0 Å². The van der Waals surface area contributed by atoms with Crippen LogP contribution in [-0.2, 0) is 16.1 Å². The first-order valence-corrected chi connectivity index (χ1v) is 13.9. The van der Waals surface area contributed by atoms with Crippen LogP contribution < -0.4 is 5.32 Å². The van der Waals surface area contributed by atoms with Crippen molar-refractivity contribution in [3.63, 3.8) is 0 Å². The van der Waals surface area contributed by atoms with E-state index in [0.717, 1.165) is 34.6 Å². The Labute approximate surface area is 232 Å². The minimum absolute atomic E-state index is 0.0287. The number of para-hydroxylation sites is 1. The number of rotatable bonds is 9. The summed E-state index contributed by atoms with van der Waals surface area (Å²) in [5.41, 5.74) is 6.34. The van der Waals surface area contributed by atoms with Gasteiger partial charge in [-0.25, -0.2) is 4.79 Å². The number of amides is 3. The number of carbonyl (C=O) groups is 2. The topological polar surface area (TPSA) is 66.8 Å². The number of nitrogens with zero attached hydrogens (tertiary/aromatic N) is 3. The van der Waals surface area contributed by atoms with E-state index in [1.165, 1.54) is 5.56 Å². The largest absolute Gasteiger partial charge is 0.383 e. The van der Waals surface area contributed by atoms with Gasteiger partial charge >= 0.3 is 6.03 Å². The fourth-order valence-electron chi connectivity index (χ4n) is 5.34. The third-order valence-corrected chi connectivity index (χ3v) is 7.54. The maximum Gasteiger partial charge on any atom is 0.322 e. The molecule has 0 fully saturated rings. The van der Waals surface area contributed by atoms with Crippen LogP contribution in [0.1, 0.15) is 73.5 Å². The molecule has 0 radical (unpaired) electrons. The van der Waals surface area contributed by atoms with E-state index in [0.29, 0.717) is 19.7 Å². The van der Waals surface area contributed by atoms with Crippen LogP contribution in [0.25, 0.3) is 0 Å². The minimum Gasteiger partial charge on any atom is -0.383 e. The van der Waals surface area contributed by atoms with Crippen LogP contribution in [0.4, 0.5) is 10.5 Å². The highest BCUT2D eigenvalue weighted by atomic mass is 16.5. The van der Waals surface area contributed by atoms with Crippen LogP contribution in [0.3, 0.4) is 0 Å². The third kappa shape index (κ3) is 6.36. The van der Waals surface area contributed by atoms with Gasteiger partial charge in [0.1, 0.15) is 6.54 Å². The molecule has 0 saturated carbocycles. The molecule has 4 rings (SSSR count). The molecule has 3 aromatic rings. The summed E-state index contributed by atoms with van der Waals surface area (Å²) < 4.78 is 7.52. The number of benzene rings is 2. The molecular weight excluding hydrogens is 488 g/mol. The summed E-state index contributed by atoms with van der Waals surface area (Å²) in [4.78, 5) is 31.1. The van der Waals surface area contributed by atoms with Crippen molar-refractivity contribution in [3.8, 4) is 0 Å². The van der Waals surface area contributed by atoms with Gasteiger partial charge in [0, 0.05) is 44.3 Å². The number of anilines is 1. The van der Waals surface area contributed by atoms with E-state index in [9.17, 15) is 9.59 Å². The van der Waals surface area contributed by atoms with E-state index < -0.39 is 0 Å². The standard InChI is InChI=1S/C32H42N4O3/c1-22(2)26-9-7-10-27(23(3)4)30(26)33-32(38)35(19-20-39-6)21-29(37)36-18-17-34-16-8-11-28(34)31(36)25-14-12-24(5)13-15-25/h7-16,22-23,31H,17-21H2,1-6H3,(H,33,38)/t31-/m1/s1. The summed E-state index contributed by atoms with van der Waals surface area (Å²) in [6.07, 6.45) is 2.06. The number of nitrogens with one attached hydrogen (secondary N) is 1. The summed E-state index contributed by atoms with van der Waals surface area (Å²) in [5.74, 6) is 0.404. The number of carbonyl (C=O) groups excluding carboxylic acids is 2. The first-order chi connectivity index (χ1) is 18.7. The Morgan fingerprint density at radius 1 is 0.974 bits per heavy atom. The molecule has 1 N–H and O–H groups in total. The van der Waals surface area contributed by atoms with Gasteiger partial charge in [-0.05, 0) is 47.6 Å². The Morgan fingerprint density at radius 2 is 1.64 bits per heavy atom. The number of hydrogen-bond acceptors (Lipinski definition) is 3. The Morgan fingerprint density at radius 3 is 2.26 bits per heavy atom. The molecule has 2 aromatic carbocycles. The van der Waals surface area contributed by atoms with Crippen LogP contribution in [0, 0.1) is 6.92 Å². The summed E-state index contributed by atoms with van der Waals surface area (Å²) in [7, 11) is 1.61. The molecular formula is C32H42N4O3. The summed E-state index contributed by atoms with van der Waals surface area (Å²) in [5, 5.41) is 3.18. The molecule has 2 heterocycles. The van der Waals surface area contributed by atoms with Crippen molar-refractivity contribution in [1.82, 2.24) is 14.4 Å². The van der Waals surface area contributed by atoms with Crippen molar-refractivity contribution in [2.24, 2.45) is 0 Å². The number of urea groups is 1. The van der Waals surface area contributed by atoms with Crippen LogP contribution in [0.2, 0.25) is 0 Å². The van der Waals surface area contributed by atoms with Crippen LogP contribution in [0.5, 0.6) is 0 Å². The lowest BCUT2D eigenvalue weighted by Crippen LogP contribution is -2.49. The average molecular weight is 531 g/mol. The lowest BCUT2D eigenvalue weighted by molar-refractivity contribution is -0.134. The summed E-state index contributed by atoms with van der Waals surface area (Å²) in [6, 6.07) is 18.1. The first kappa shape index (κ1) is 28.4. The van der Waals surface area contributed by atoms with E-state index in [-0.39, 0.29) is 36.4 Å². The lowest BCUT2D eigenvalue weighted by Gasteiger charge is -2.38. The molecule has 0 unspecified atom stereocenters. The fraction of sp³-hybridized carbons (Fsp3) is 0.438. The molecule has 39 heavy (non-hydrogen) atoms. The molecule has 7 heteroatoms. The summed E-state index contributed by atoms with van der Waals surface area (Å²) >= 11 is 0. The predicted molar refractivity (Wildman–Crippen MR) is 156 cm³/mol. The van der Waals surface area contributed by atoms with Crippen molar-refractivity contribution in [1.29, 1.82) is 0 Å². The highest BCUT2D eigenvalue weighted by molar-refractivity contribution is 5.94.